The van der Waals surface area contributed by atoms with Crippen LogP contribution in [0.2, 0.25) is 0 Å². The van der Waals surface area contributed by atoms with Gasteiger partial charge in [0.2, 0.25) is 6.79 Å². The van der Waals surface area contributed by atoms with E-state index in [1.54, 1.807) is 18.3 Å². The van der Waals surface area contributed by atoms with E-state index in [-0.39, 0.29) is 12.5 Å². The van der Waals surface area contributed by atoms with Gasteiger partial charge in [-0.2, -0.15) is 0 Å². The fourth-order valence-corrected chi connectivity index (χ4v) is 2.08. The van der Waals surface area contributed by atoms with E-state index in [0.29, 0.717) is 6.54 Å². The van der Waals surface area contributed by atoms with Gasteiger partial charge in [0.25, 0.3) is 0 Å². The summed E-state index contributed by atoms with van der Waals surface area (Å²) in [6.45, 7) is 0.797. The molecule has 3 rings (SSSR count). The van der Waals surface area contributed by atoms with Gasteiger partial charge in [0.05, 0.1) is 7.11 Å². The van der Waals surface area contributed by atoms with Gasteiger partial charge in [-0.15, -0.1) is 0 Å². The molecule has 1 N–H and O–H groups in total. The maximum absolute atomic E-state index is 11.4. The summed E-state index contributed by atoms with van der Waals surface area (Å²) in [6.07, 6.45) is 1.56. The van der Waals surface area contributed by atoms with E-state index in [4.69, 9.17) is 9.47 Å². The Bertz CT molecular complexity index is 672. The summed E-state index contributed by atoms with van der Waals surface area (Å²) in [7, 11) is 1.33. The van der Waals surface area contributed by atoms with Crippen molar-refractivity contribution in [3.05, 3.63) is 47.8 Å². The number of para-hydroxylation sites is 1. The first-order valence-electron chi connectivity index (χ1n) is 6.43. The lowest BCUT2D eigenvalue weighted by Crippen LogP contribution is -2.06. The number of ether oxygens (including phenoxy) is 3. The number of rotatable bonds is 4. The molecule has 1 aromatic heterocycles. The average Bonchev–Trinajstić information content (AvgIpc) is 3.01. The maximum Gasteiger partial charge on any atom is 0.356 e. The van der Waals surface area contributed by atoms with Crippen molar-refractivity contribution in [1.82, 2.24) is 4.98 Å². The molecule has 0 fully saturated rings. The first kappa shape index (κ1) is 13.2. The van der Waals surface area contributed by atoms with Gasteiger partial charge < -0.3 is 19.5 Å². The molecule has 2 aromatic rings. The second kappa shape index (κ2) is 5.70. The minimum absolute atomic E-state index is 0.244. The van der Waals surface area contributed by atoms with Crippen LogP contribution in [0.1, 0.15) is 16.1 Å². The van der Waals surface area contributed by atoms with Crippen LogP contribution in [0.3, 0.4) is 0 Å². The molecule has 0 amide bonds. The molecule has 6 heteroatoms. The number of hydrogen-bond acceptors (Lipinski definition) is 6. The number of esters is 1. The monoisotopic (exact) mass is 286 g/mol. The Morgan fingerprint density at radius 1 is 1.38 bits per heavy atom. The van der Waals surface area contributed by atoms with E-state index in [1.165, 1.54) is 7.11 Å². The molecule has 1 aliphatic rings. The van der Waals surface area contributed by atoms with E-state index >= 15 is 0 Å². The lowest BCUT2D eigenvalue weighted by atomic mass is 10.2. The summed E-state index contributed by atoms with van der Waals surface area (Å²) in [5.41, 5.74) is 2.03. The number of benzene rings is 1. The number of pyridine rings is 1. The van der Waals surface area contributed by atoms with Crippen LogP contribution in [0.4, 0.5) is 5.69 Å². The molecule has 0 bridgehead atoms. The fraction of sp³-hybridized carbons (Fsp3) is 0.200. The second-order valence-electron chi connectivity index (χ2n) is 4.43. The van der Waals surface area contributed by atoms with Crippen molar-refractivity contribution in [2.45, 2.75) is 6.54 Å². The zero-order chi connectivity index (χ0) is 14.7. The van der Waals surface area contributed by atoms with Crippen molar-refractivity contribution < 1.29 is 19.0 Å². The number of hydrogen-bond donors (Lipinski definition) is 1. The van der Waals surface area contributed by atoms with Gasteiger partial charge in [-0.25, -0.2) is 9.78 Å². The Hall–Kier alpha value is -2.76. The summed E-state index contributed by atoms with van der Waals surface area (Å²) < 4.78 is 15.4. The van der Waals surface area contributed by atoms with Crippen molar-refractivity contribution in [2.75, 3.05) is 19.2 Å². The maximum atomic E-state index is 11.4. The zero-order valence-corrected chi connectivity index (χ0v) is 11.5. The third kappa shape index (κ3) is 2.74. The van der Waals surface area contributed by atoms with Gasteiger partial charge in [0.15, 0.2) is 11.5 Å². The molecule has 1 aromatic carbocycles. The van der Waals surface area contributed by atoms with Gasteiger partial charge in [0, 0.05) is 24.0 Å². The number of carbonyl (C=O) groups is 1. The average molecular weight is 286 g/mol. The number of carbonyl (C=O) groups excluding carboxylic acids is 1. The third-order valence-electron chi connectivity index (χ3n) is 3.12. The van der Waals surface area contributed by atoms with E-state index in [9.17, 15) is 4.79 Å². The molecule has 0 unspecified atom stereocenters. The Labute approximate surface area is 121 Å². The summed E-state index contributed by atoms with van der Waals surface area (Å²) >= 11 is 0. The molecule has 108 valence electrons. The number of anilines is 1. The van der Waals surface area contributed by atoms with Crippen molar-refractivity contribution in [2.24, 2.45) is 0 Å². The lowest BCUT2D eigenvalue weighted by molar-refractivity contribution is 0.0594. The van der Waals surface area contributed by atoms with Gasteiger partial charge in [-0.05, 0) is 18.2 Å². The molecular formula is C15H14N2O4. The Morgan fingerprint density at radius 2 is 2.29 bits per heavy atom. The molecule has 0 radical (unpaired) electrons. The van der Waals surface area contributed by atoms with E-state index < -0.39 is 5.97 Å². The van der Waals surface area contributed by atoms with Crippen molar-refractivity contribution in [3.63, 3.8) is 0 Å². The van der Waals surface area contributed by atoms with Gasteiger partial charge >= 0.3 is 5.97 Å². The van der Waals surface area contributed by atoms with E-state index in [2.05, 4.69) is 15.0 Å². The number of aromatic nitrogens is 1. The molecule has 21 heavy (non-hydrogen) atoms. The minimum atomic E-state index is -0.462. The molecule has 0 spiro atoms. The standard InChI is InChI=1S/C15H14N2O4/c1-19-15(18)12-7-11(5-6-16-12)17-8-10-3-2-4-13-14(10)21-9-20-13/h2-7H,8-9H2,1H3,(H,16,17). The first-order chi connectivity index (χ1) is 10.3. The van der Waals surface area contributed by atoms with E-state index in [0.717, 1.165) is 22.7 Å². The normalized spacial score (nSPS) is 12.0. The Morgan fingerprint density at radius 3 is 3.14 bits per heavy atom. The minimum Gasteiger partial charge on any atom is -0.464 e. The highest BCUT2D eigenvalue weighted by atomic mass is 16.7. The molecule has 1 aliphatic heterocycles. The van der Waals surface area contributed by atoms with Crippen LogP contribution < -0.4 is 14.8 Å². The van der Waals surface area contributed by atoms with Gasteiger partial charge in [-0.3, -0.25) is 0 Å². The summed E-state index contributed by atoms with van der Waals surface area (Å²) in [6, 6.07) is 9.17. The fourth-order valence-electron chi connectivity index (χ4n) is 2.08. The highest BCUT2D eigenvalue weighted by Gasteiger charge is 2.16. The topological polar surface area (TPSA) is 69.7 Å². The van der Waals surface area contributed by atoms with Crippen LogP contribution in [0.5, 0.6) is 11.5 Å². The van der Waals surface area contributed by atoms with Crippen molar-refractivity contribution in [1.29, 1.82) is 0 Å². The van der Waals surface area contributed by atoms with Crippen molar-refractivity contribution >= 4 is 11.7 Å². The summed E-state index contributed by atoms with van der Waals surface area (Å²) in [4.78, 5) is 15.4. The highest BCUT2D eigenvalue weighted by molar-refractivity contribution is 5.88. The van der Waals surface area contributed by atoms with Crippen LogP contribution in [0, 0.1) is 0 Å². The van der Waals surface area contributed by atoms with Crippen molar-refractivity contribution in [3.8, 4) is 11.5 Å². The Kier molecular flexibility index (Phi) is 3.59. The molecule has 0 saturated carbocycles. The third-order valence-corrected chi connectivity index (χ3v) is 3.12. The molecule has 0 atom stereocenters. The van der Waals surface area contributed by atoms with Crippen LogP contribution >= 0.6 is 0 Å². The predicted molar refractivity (Wildman–Crippen MR) is 75.5 cm³/mol. The van der Waals surface area contributed by atoms with Crippen LogP contribution in [0.15, 0.2) is 36.5 Å². The number of nitrogens with one attached hydrogen (secondary N) is 1. The Balaban J connectivity index is 1.74. The van der Waals surface area contributed by atoms with Crippen LogP contribution in [0.25, 0.3) is 0 Å². The number of nitrogens with zero attached hydrogens (tertiary/aromatic N) is 1. The SMILES string of the molecule is COC(=O)c1cc(NCc2cccc3c2OCO3)ccn1. The van der Waals surface area contributed by atoms with Crippen LogP contribution in [-0.4, -0.2) is 24.9 Å². The summed E-state index contributed by atoms with van der Waals surface area (Å²) in [5, 5.41) is 3.23. The van der Waals surface area contributed by atoms with Crippen LogP contribution in [-0.2, 0) is 11.3 Å². The molecule has 0 saturated heterocycles. The van der Waals surface area contributed by atoms with Gasteiger partial charge in [-0.1, -0.05) is 12.1 Å². The molecule has 6 nitrogen and oxygen atoms in total. The smallest absolute Gasteiger partial charge is 0.356 e. The highest BCUT2D eigenvalue weighted by Crippen LogP contribution is 2.35. The molecule has 0 aliphatic carbocycles. The molecule has 2 heterocycles. The zero-order valence-electron chi connectivity index (χ0n) is 11.5. The quantitative estimate of drug-likeness (QED) is 0.869. The largest absolute Gasteiger partial charge is 0.464 e. The summed E-state index contributed by atoms with van der Waals surface area (Å²) in [5.74, 6) is 1.04. The second-order valence-corrected chi connectivity index (χ2v) is 4.43. The first-order valence-corrected chi connectivity index (χ1v) is 6.43. The number of fused-ring (bicyclic) bond motifs is 1. The predicted octanol–water partition coefficient (Wildman–Crippen LogP) is 2.21. The molecular weight excluding hydrogens is 272 g/mol. The number of methoxy groups -OCH3 is 1. The van der Waals surface area contributed by atoms with E-state index in [1.807, 2.05) is 18.2 Å². The lowest BCUT2D eigenvalue weighted by Gasteiger charge is -2.09. The van der Waals surface area contributed by atoms with Gasteiger partial charge in [0.1, 0.15) is 5.69 Å².